The Morgan fingerprint density at radius 2 is 1.34 bits per heavy atom. The van der Waals surface area contributed by atoms with Gasteiger partial charge >= 0.3 is 11.9 Å². The molecule has 7 heteroatoms. The fraction of sp³-hybridized carbons (Fsp3) is 0.464. The number of carbonyl (C=O) groups excluding carboxylic acids is 3. The van der Waals surface area contributed by atoms with Gasteiger partial charge in [0, 0.05) is 5.69 Å². The molecule has 0 heterocycles. The molecule has 2 aromatic rings. The van der Waals surface area contributed by atoms with Gasteiger partial charge in [-0.25, -0.2) is 4.79 Å². The van der Waals surface area contributed by atoms with Crippen LogP contribution in [0, 0.1) is 11.8 Å². The highest BCUT2D eigenvalue weighted by atomic mass is 16.5. The molecule has 35 heavy (non-hydrogen) atoms. The number of carbonyl (C=O) groups is 3. The lowest BCUT2D eigenvalue weighted by Crippen LogP contribution is -2.57. The number of anilines is 1. The summed E-state index contributed by atoms with van der Waals surface area (Å²) in [6.07, 6.45) is 0.478. The fourth-order valence-electron chi connectivity index (χ4n) is 4.02. The van der Waals surface area contributed by atoms with Gasteiger partial charge in [0.1, 0.15) is 12.1 Å². The molecule has 0 aromatic heterocycles. The molecule has 0 saturated heterocycles. The van der Waals surface area contributed by atoms with Crippen molar-refractivity contribution >= 4 is 23.5 Å². The summed E-state index contributed by atoms with van der Waals surface area (Å²) in [5.74, 6) is -1.19. The molecule has 0 spiro atoms. The minimum Gasteiger partial charge on any atom is -0.468 e. The van der Waals surface area contributed by atoms with Crippen molar-refractivity contribution in [3.63, 3.8) is 0 Å². The van der Waals surface area contributed by atoms with E-state index in [0.717, 1.165) is 11.1 Å². The third-order valence-electron chi connectivity index (χ3n) is 5.93. The molecule has 190 valence electrons. The number of ether oxygens (including phenoxy) is 2. The molecule has 0 unspecified atom stereocenters. The Bertz CT molecular complexity index is 973. The lowest BCUT2D eigenvalue weighted by molar-refractivity contribution is -0.146. The molecule has 0 radical (unpaired) electrons. The average molecular weight is 483 g/mol. The van der Waals surface area contributed by atoms with Crippen LogP contribution < -0.4 is 10.2 Å². The number of esters is 2. The quantitative estimate of drug-likeness (QED) is 0.477. The van der Waals surface area contributed by atoms with Crippen molar-refractivity contribution in [3.05, 3.63) is 54.6 Å². The summed E-state index contributed by atoms with van der Waals surface area (Å²) in [6, 6.07) is 15.2. The Morgan fingerprint density at radius 3 is 1.83 bits per heavy atom. The molecule has 0 saturated carbocycles. The second-order valence-electron chi connectivity index (χ2n) is 9.41. The van der Waals surface area contributed by atoms with Gasteiger partial charge in [0.05, 0.1) is 20.3 Å². The van der Waals surface area contributed by atoms with E-state index < -0.39 is 30.1 Å². The van der Waals surface area contributed by atoms with Gasteiger partial charge in [0.2, 0.25) is 5.91 Å². The summed E-state index contributed by atoms with van der Waals surface area (Å²) >= 11 is 0. The molecule has 0 aliphatic rings. The molecule has 7 nitrogen and oxygen atoms in total. The summed E-state index contributed by atoms with van der Waals surface area (Å²) in [6.45, 7) is 9.44. The maximum atomic E-state index is 14.0. The first-order valence-corrected chi connectivity index (χ1v) is 12.0. The lowest BCUT2D eigenvalue weighted by Gasteiger charge is -2.34. The molecule has 1 N–H and O–H groups in total. The zero-order chi connectivity index (χ0) is 26.1. The maximum absolute atomic E-state index is 14.0. The SMILES string of the molecule is COC(=O)[C@@H](N[C@@H](CC(C)C)C(=O)N(c1ccc(-c2ccccc2)cc1)[C@@H](C)C(=O)OC)C(C)C. The molecular formula is C28H38N2O5. The van der Waals surface area contributed by atoms with E-state index in [1.54, 1.807) is 6.92 Å². The van der Waals surface area contributed by atoms with Crippen molar-refractivity contribution in [2.75, 3.05) is 19.1 Å². The number of nitrogens with zero attached hydrogens (tertiary/aromatic N) is 1. The first-order chi connectivity index (χ1) is 16.6. The number of hydrogen-bond donors (Lipinski definition) is 1. The van der Waals surface area contributed by atoms with Gasteiger partial charge in [-0.15, -0.1) is 0 Å². The van der Waals surface area contributed by atoms with E-state index in [1.165, 1.54) is 19.1 Å². The van der Waals surface area contributed by atoms with Gasteiger partial charge in [-0.05, 0) is 48.4 Å². The van der Waals surface area contributed by atoms with E-state index in [9.17, 15) is 14.4 Å². The van der Waals surface area contributed by atoms with Crippen LogP contribution in [0.3, 0.4) is 0 Å². The van der Waals surface area contributed by atoms with Crippen LogP contribution in [0.5, 0.6) is 0 Å². The highest BCUT2D eigenvalue weighted by Gasteiger charge is 2.36. The minimum absolute atomic E-state index is 0.0958. The highest BCUT2D eigenvalue weighted by Crippen LogP contribution is 2.26. The summed E-state index contributed by atoms with van der Waals surface area (Å²) in [7, 11) is 2.63. The summed E-state index contributed by atoms with van der Waals surface area (Å²) in [5, 5.41) is 3.22. The molecule has 2 rings (SSSR count). The lowest BCUT2D eigenvalue weighted by atomic mass is 9.97. The Kier molecular flexibility index (Phi) is 10.5. The van der Waals surface area contributed by atoms with Crippen LogP contribution in [0.15, 0.2) is 54.6 Å². The van der Waals surface area contributed by atoms with Crippen LogP contribution >= 0.6 is 0 Å². The minimum atomic E-state index is -0.859. The van der Waals surface area contributed by atoms with Crippen molar-refractivity contribution in [2.24, 2.45) is 11.8 Å². The van der Waals surface area contributed by atoms with Crippen molar-refractivity contribution in [1.29, 1.82) is 0 Å². The number of amides is 1. The Labute approximate surface area is 208 Å². The molecule has 0 aliphatic heterocycles. The zero-order valence-electron chi connectivity index (χ0n) is 21.8. The van der Waals surface area contributed by atoms with E-state index in [2.05, 4.69) is 5.32 Å². The van der Waals surface area contributed by atoms with E-state index >= 15 is 0 Å². The first kappa shape index (κ1) is 28.1. The zero-order valence-corrected chi connectivity index (χ0v) is 21.8. The van der Waals surface area contributed by atoms with E-state index in [0.29, 0.717) is 12.1 Å². The Morgan fingerprint density at radius 1 is 0.800 bits per heavy atom. The summed E-state index contributed by atoms with van der Waals surface area (Å²) < 4.78 is 9.93. The maximum Gasteiger partial charge on any atom is 0.328 e. The number of methoxy groups -OCH3 is 2. The number of rotatable bonds is 11. The smallest absolute Gasteiger partial charge is 0.328 e. The molecule has 0 aliphatic carbocycles. The van der Waals surface area contributed by atoms with Crippen molar-refractivity contribution in [1.82, 2.24) is 5.32 Å². The van der Waals surface area contributed by atoms with E-state index in [1.807, 2.05) is 82.3 Å². The normalized spacial score (nSPS) is 13.7. The second kappa shape index (κ2) is 13.0. The average Bonchev–Trinajstić information content (AvgIpc) is 2.85. The van der Waals surface area contributed by atoms with E-state index in [4.69, 9.17) is 9.47 Å². The highest BCUT2D eigenvalue weighted by molar-refractivity contribution is 6.02. The van der Waals surface area contributed by atoms with Gasteiger partial charge in [-0.1, -0.05) is 70.2 Å². The van der Waals surface area contributed by atoms with Crippen LogP contribution in [-0.2, 0) is 23.9 Å². The third kappa shape index (κ3) is 7.39. The molecule has 3 atom stereocenters. The molecule has 1 amide bonds. The van der Waals surface area contributed by atoms with Crippen LogP contribution in [0.25, 0.3) is 11.1 Å². The number of nitrogens with one attached hydrogen (secondary N) is 1. The van der Waals surface area contributed by atoms with E-state index in [-0.39, 0.29) is 17.7 Å². The molecule has 0 fully saturated rings. The second-order valence-corrected chi connectivity index (χ2v) is 9.41. The van der Waals surface area contributed by atoms with Gasteiger partial charge in [-0.2, -0.15) is 0 Å². The third-order valence-corrected chi connectivity index (χ3v) is 5.93. The molecular weight excluding hydrogens is 444 g/mol. The predicted molar refractivity (Wildman–Crippen MR) is 138 cm³/mol. The van der Waals surface area contributed by atoms with Gasteiger partial charge in [0.15, 0.2) is 0 Å². The van der Waals surface area contributed by atoms with Crippen LogP contribution in [-0.4, -0.2) is 50.2 Å². The number of hydrogen-bond acceptors (Lipinski definition) is 6. The number of benzene rings is 2. The van der Waals surface area contributed by atoms with Crippen LogP contribution in [0.4, 0.5) is 5.69 Å². The monoisotopic (exact) mass is 482 g/mol. The van der Waals surface area contributed by atoms with Gasteiger partial charge in [0.25, 0.3) is 0 Å². The van der Waals surface area contributed by atoms with Crippen LogP contribution in [0.2, 0.25) is 0 Å². The topological polar surface area (TPSA) is 84.9 Å². The largest absolute Gasteiger partial charge is 0.468 e. The Balaban J connectivity index is 2.47. The van der Waals surface area contributed by atoms with Crippen molar-refractivity contribution in [3.8, 4) is 11.1 Å². The van der Waals surface area contributed by atoms with Crippen molar-refractivity contribution < 1.29 is 23.9 Å². The predicted octanol–water partition coefficient (Wildman–Crippen LogP) is 4.45. The molecule has 0 bridgehead atoms. The van der Waals surface area contributed by atoms with Crippen LogP contribution in [0.1, 0.15) is 41.0 Å². The fourth-order valence-corrected chi connectivity index (χ4v) is 4.02. The summed E-state index contributed by atoms with van der Waals surface area (Å²) in [5.41, 5.74) is 2.62. The van der Waals surface area contributed by atoms with Crippen molar-refractivity contribution in [2.45, 2.75) is 59.2 Å². The van der Waals surface area contributed by atoms with Gasteiger partial charge in [-0.3, -0.25) is 19.8 Å². The van der Waals surface area contributed by atoms with Gasteiger partial charge < -0.3 is 9.47 Å². The standard InChI is InChI=1S/C28H38N2O5/c1-18(2)17-24(29-25(19(3)4)28(33)35-7)26(31)30(20(5)27(32)34-6)23-15-13-22(14-16-23)21-11-9-8-10-12-21/h8-16,18-20,24-25,29H,17H2,1-7H3/t20-,24-,25-/m0/s1. The Hall–Kier alpha value is -3.19. The first-order valence-electron chi connectivity index (χ1n) is 12.0. The molecule has 2 aromatic carbocycles. The summed E-state index contributed by atoms with van der Waals surface area (Å²) in [4.78, 5) is 40.4.